The third-order valence-corrected chi connectivity index (χ3v) is 6.91. The summed E-state index contributed by atoms with van der Waals surface area (Å²) in [6.07, 6.45) is -0.173. The van der Waals surface area contributed by atoms with Crippen LogP contribution < -0.4 is 27.8 Å². The van der Waals surface area contributed by atoms with E-state index in [-0.39, 0.29) is 36.0 Å². The highest BCUT2D eigenvalue weighted by Gasteiger charge is 2.43. The van der Waals surface area contributed by atoms with Gasteiger partial charge in [0.1, 0.15) is 18.3 Å². The van der Waals surface area contributed by atoms with Crippen molar-refractivity contribution in [3.8, 4) is 0 Å². The number of carboxylic acid groups (broad SMARTS) is 1. The van der Waals surface area contributed by atoms with E-state index in [2.05, 4.69) is 15.6 Å². The monoisotopic (exact) mass is 742 g/mol. The van der Waals surface area contributed by atoms with Crippen molar-refractivity contribution >= 4 is 37.5 Å². The Hall–Kier alpha value is -3.66. The summed E-state index contributed by atoms with van der Waals surface area (Å²) in [5, 5.41) is 42.9. The van der Waals surface area contributed by atoms with Crippen molar-refractivity contribution in [2.45, 2.75) is 109 Å². The molecule has 0 unspecified atom stereocenters. The maximum atomic E-state index is 12.0. The molecule has 288 valence electrons. The van der Waals surface area contributed by atoms with Crippen LogP contribution in [0.4, 0.5) is 0 Å². The molecule has 0 radical (unpaired) electrons. The molecule has 0 aromatic heterocycles. The Kier molecular flexibility index (Phi) is 20.6. The summed E-state index contributed by atoms with van der Waals surface area (Å²) < 4.78 is 25.1. The Morgan fingerprint density at radius 1 is 1.02 bits per heavy atom. The lowest BCUT2D eigenvalue weighted by molar-refractivity contribution is -0.146. The van der Waals surface area contributed by atoms with Gasteiger partial charge in [0.25, 0.3) is 0 Å². The number of hydrogen-bond donors (Lipinski definition) is 12. The predicted octanol–water partition coefficient (Wildman–Crippen LogP) is -3.43. The minimum atomic E-state index is -4.64. The van der Waals surface area contributed by atoms with Gasteiger partial charge in [-0.1, -0.05) is 13.8 Å². The van der Waals surface area contributed by atoms with Crippen molar-refractivity contribution in [2.24, 2.45) is 22.2 Å². The number of rotatable bonds is 13. The lowest BCUT2D eigenvalue weighted by Gasteiger charge is -2.38. The Labute approximate surface area is 288 Å². The zero-order chi connectivity index (χ0) is 38.9. The first-order valence-corrected chi connectivity index (χ1v) is 16.9. The number of amides is 2. The number of carboxylic acids is 1. The second-order valence-corrected chi connectivity index (χ2v) is 12.0. The van der Waals surface area contributed by atoms with Crippen molar-refractivity contribution in [3.05, 3.63) is 23.5 Å². The number of guanidine groups is 1. The second-order valence-electron chi connectivity index (χ2n) is 11.0. The van der Waals surface area contributed by atoms with Gasteiger partial charge in [0.15, 0.2) is 5.96 Å². The topological polar surface area (TPSA) is 369 Å². The van der Waals surface area contributed by atoms with E-state index in [4.69, 9.17) is 60.9 Å². The molecule has 0 aromatic rings. The smallest absolute Gasteiger partial charge is 0.466 e. The van der Waals surface area contributed by atoms with E-state index >= 15 is 0 Å². The van der Waals surface area contributed by atoms with Gasteiger partial charge in [-0.25, -0.2) is 19.1 Å². The van der Waals surface area contributed by atoms with Crippen LogP contribution in [0.1, 0.15) is 53.9 Å². The number of carbonyl (C=O) groups is 4. The molecule has 0 spiro atoms. The zero-order valence-electron chi connectivity index (χ0n) is 28.4. The summed E-state index contributed by atoms with van der Waals surface area (Å²) in [4.78, 5) is 71.2. The quantitative estimate of drug-likeness (QED) is 0.0378. The third kappa shape index (κ3) is 17.3. The van der Waals surface area contributed by atoms with Gasteiger partial charge in [0.05, 0.1) is 43.5 Å². The maximum absolute atomic E-state index is 12.0. The van der Waals surface area contributed by atoms with E-state index in [1.807, 2.05) is 13.8 Å². The van der Waals surface area contributed by atoms with Crippen LogP contribution in [0.15, 0.2) is 28.5 Å². The highest BCUT2D eigenvalue weighted by atomic mass is 31.2. The van der Waals surface area contributed by atoms with Gasteiger partial charge in [0.2, 0.25) is 17.6 Å². The van der Waals surface area contributed by atoms with Crippen LogP contribution in [-0.2, 0) is 38.0 Å². The number of nitrogens with two attached hydrogens (primary N) is 3. The van der Waals surface area contributed by atoms with Crippen molar-refractivity contribution in [3.63, 3.8) is 0 Å². The number of nitrogens with one attached hydrogen (secondary N) is 2. The van der Waals surface area contributed by atoms with Crippen LogP contribution in [0.3, 0.4) is 0 Å². The fraction of sp³-hybridized carbons (Fsp3) is 0.679. The Morgan fingerprint density at radius 2 is 1.54 bits per heavy atom. The molecule has 2 amide bonds. The molecule has 8 atom stereocenters. The standard InChI is InChI=1S/C16H28N2O4.C12H20N4O7.H3O4P/c1-5-12(6-2)22-14-9-11(16(20)21-7-3)8-13(17)15(14)18-10(4)19;1-4(18)15-8-5(16-12(13)14)2-7(11(21)22)23-10(8)9(20)6(19)3-17;1-5(2,3)4/h9,12-15H,5-8,17H2,1-4H3,(H,18,19);2,5-6,8-10,17,19-20H,3H2,1H3,(H,15,18)(H,21,22)(H4,13,14,16);(H3,1,2,3,4)/t13-,14+,15+;5-,6+,8+,9+,10+;/m00./s1. The molecule has 1 aliphatic heterocycles. The lowest BCUT2D eigenvalue weighted by atomic mass is 9.88. The molecular formula is C28H51N6O15P. The fourth-order valence-corrected chi connectivity index (χ4v) is 4.76. The molecule has 21 nitrogen and oxygen atoms in total. The molecule has 50 heavy (non-hydrogen) atoms. The highest BCUT2D eigenvalue weighted by molar-refractivity contribution is 7.45. The number of carbonyl (C=O) groups excluding carboxylic acids is 3. The normalized spacial score (nSPS) is 24.2. The minimum absolute atomic E-state index is 0.0613. The molecule has 0 fully saturated rings. The van der Waals surface area contributed by atoms with Crippen LogP contribution in [0.5, 0.6) is 0 Å². The third-order valence-electron chi connectivity index (χ3n) is 6.91. The van der Waals surface area contributed by atoms with E-state index in [9.17, 15) is 29.4 Å². The number of aliphatic hydroxyl groups excluding tert-OH is 3. The number of aliphatic imine (C=N–C) groups is 1. The molecule has 1 heterocycles. The number of esters is 1. The van der Waals surface area contributed by atoms with E-state index in [0.717, 1.165) is 18.9 Å². The summed E-state index contributed by atoms with van der Waals surface area (Å²) in [5.74, 6) is -3.42. The molecule has 22 heteroatoms. The molecule has 0 saturated carbocycles. The van der Waals surface area contributed by atoms with Gasteiger partial charge in [-0.3, -0.25) is 9.59 Å². The van der Waals surface area contributed by atoms with Gasteiger partial charge in [0, 0.05) is 25.5 Å². The first kappa shape index (κ1) is 46.3. The van der Waals surface area contributed by atoms with Crippen LogP contribution in [-0.4, -0.2) is 133 Å². The number of ether oxygens (including phenoxy) is 3. The van der Waals surface area contributed by atoms with E-state index in [1.165, 1.54) is 13.8 Å². The minimum Gasteiger partial charge on any atom is -0.478 e. The van der Waals surface area contributed by atoms with E-state index in [0.29, 0.717) is 18.6 Å². The summed E-state index contributed by atoms with van der Waals surface area (Å²) in [6.45, 7) is 8.01. The number of phosphoric acid groups is 1. The highest BCUT2D eigenvalue weighted by Crippen LogP contribution is 2.27. The number of nitrogens with zero attached hydrogens (tertiary/aromatic N) is 1. The summed E-state index contributed by atoms with van der Waals surface area (Å²) in [7, 11) is -4.64. The number of aliphatic hydroxyl groups is 3. The average molecular weight is 743 g/mol. The van der Waals surface area contributed by atoms with Crippen molar-refractivity contribution in [1.82, 2.24) is 10.6 Å². The average Bonchev–Trinajstić information content (AvgIpc) is 3.00. The van der Waals surface area contributed by atoms with Gasteiger partial charge in [-0.05, 0) is 38.3 Å². The largest absolute Gasteiger partial charge is 0.478 e. The zero-order valence-corrected chi connectivity index (χ0v) is 29.3. The number of aliphatic carboxylic acids is 1. The first-order chi connectivity index (χ1) is 23.1. The van der Waals surface area contributed by atoms with Crippen LogP contribution in [0, 0.1) is 0 Å². The molecule has 0 aromatic carbocycles. The van der Waals surface area contributed by atoms with Crippen molar-refractivity contribution < 1.29 is 73.1 Å². The summed E-state index contributed by atoms with van der Waals surface area (Å²) in [5.41, 5.74) is 17.3. The molecule has 2 aliphatic rings. The van der Waals surface area contributed by atoms with Gasteiger partial charge >= 0.3 is 19.8 Å². The first-order valence-electron chi connectivity index (χ1n) is 15.4. The van der Waals surface area contributed by atoms with Gasteiger partial charge in [-0.15, -0.1) is 0 Å². The molecular weight excluding hydrogens is 691 g/mol. The Morgan fingerprint density at radius 3 is 1.96 bits per heavy atom. The summed E-state index contributed by atoms with van der Waals surface area (Å²) >= 11 is 0. The van der Waals surface area contributed by atoms with Crippen LogP contribution >= 0.6 is 7.82 Å². The van der Waals surface area contributed by atoms with Crippen molar-refractivity contribution in [2.75, 3.05) is 13.2 Å². The Bertz CT molecular complexity index is 1260. The van der Waals surface area contributed by atoms with Crippen molar-refractivity contribution in [1.29, 1.82) is 0 Å². The Balaban J connectivity index is 0.000000846. The fourth-order valence-electron chi connectivity index (χ4n) is 4.76. The summed E-state index contributed by atoms with van der Waals surface area (Å²) in [6, 6.07) is -2.83. The van der Waals surface area contributed by atoms with Gasteiger partial charge in [-0.2, -0.15) is 0 Å². The second kappa shape index (κ2) is 22.2. The van der Waals surface area contributed by atoms with E-state index in [1.54, 1.807) is 13.0 Å². The van der Waals surface area contributed by atoms with Crippen LogP contribution in [0.25, 0.3) is 0 Å². The molecule has 2 rings (SSSR count). The van der Waals surface area contributed by atoms with Crippen LogP contribution in [0.2, 0.25) is 0 Å². The molecule has 15 N–H and O–H groups in total. The maximum Gasteiger partial charge on any atom is 0.466 e. The predicted molar refractivity (Wildman–Crippen MR) is 175 cm³/mol. The molecule has 0 bridgehead atoms. The SMILES string of the molecule is CC(=O)N[C@H]1[C@H]([C@H](O)[C@H](O)CO)OC(C(=O)O)=C[C@@H]1N=C(N)N.CCOC(=O)C1=C[C@@H](OC(CC)CC)[C@H](NC(C)=O)[C@@H](N)C1.O=P(O)(O)O. The van der Waals surface area contributed by atoms with E-state index < -0.39 is 68.6 Å². The van der Waals surface area contributed by atoms with Gasteiger partial charge < -0.3 is 77.2 Å². The molecule has 1 aliphatic carbocycles. The lowest BCUT2D eigenvalue weighted by Crippen LogP contribution is -2.59. The number of hydrogen-bond acceptors (Lipinski definition) is 13. The molecule has 0 saturated heterocycles.